The van der Waals surface area contributed by atoms with Crippen LogP contribution in [0.3, 0.4) is 0 Å². The maximum Gasteiger partial charge on any atom is 0.227 e. The molecule has 1 amide bonds. The minimum atomic E-state index is 0.0682. The molecule has 0 radical (unpaired) electrons. The van der Waals surface area contributed by atoms with Crippen molar-refractivity contribution < 1.29 is 4.79 Å². The predicted octanol–water partition coefficient (Wildman–Crippen LogP) is 5.54. The van der Waals surface area contributed by atoms with E-state index in [1.165, 1.54) is 6.42 Å². The van der Waals surface area contributed by atoms with E-state index in [1.807, 2.05) is 36.4 Å². The summed E-state index contributed by atoms with van der Waals surface area (Å²) in [7, 11) is 0. The first-order valence-corrected chi connectivity index (χ1v) is 13.1. The molecule has 0 aliphatic heterocycles. The van der Waals surface area contributed by atoms with Gasteiger partial charge in [0.25, 0.3) is 0 Å². The molecule has 1 saturated carbocycles. The molecule has 7 rings (SSSR count). The molecule has 0 saturated heterocycles. The summed E-state index contributed by atoms with van der Waals surface area (Å²) < 4.78 is 0. The zero-order valence-corrected chi connectivity index (χ0v) is 21.1. The second kappa shape index (κ2) is 9.71. The smallest absolute Gasteiger partial charge is 0.227 e. The van der Waals surface area contributed by atoms with Gasteiger partial charge in [0.15, 0.2) is 5.82 Å². The molecular formula is C29H25N9O. The number of aromatic amines is 2. The Morgan fingerprint density at radius 3 is 2.67 bits per heavy atom. The summed E-state index contributed by atoms with van der Waals surface area (Å²) in [6.45, 7) is 0. The molecular weight excluding hydrogens is 490 g/mol. The molecule has 10 heteroatoms. The lowest BCUT2D eigenvalue weighted by molar-refractivity contribution is -0.120. The molecule has 10 nitrogen and oxygen atoms in total. The quantitative estimate of drug-likeness (QED) is 0.274. The van der Waals surface area contributed by atoms with Crippen molar-refractivity contribution in [2.45, 2.75) is 32.1 Å². The SMILES string of the molecule is O=C(Nc1cncc(-c2cc3c(-c4nc5c(-c6ccccn6)nccc5[nH]4)n[nH]c3cn2)c1)C1CCCCC1. The molecule has 0 atom stereocenters. The van der Waals surface area contributed by atoms with E-state index in [4.69, 9.17) is 4.98 Å². The monoisotopic (exact) mass is 515 g/mol. The predicted molar refractivity (Wildman–Crippen MR) is 148 cm³/mol. The van der Waals surface area contributed by atoms with Crippen molar-refractivity contribution >= 4 is 33.5 Å². The molecule has 0 unspecified atom stereocenters. The fourth-order valence-corrected chi connectivity index (χ4v) is 5.25. The Labute approximate surface area is 223 Å². The van der Waals surface area contributed by atoms with Gasteiger partial charge in [0.05, 0.1) is 40.5 Å². The molecule has 1 fully saturated rings. The standard InChI is InChI=1S/C29H25N9O/c39-29(17-6-2-1-3-7-17)34-19-12-18(14-30-15-19)23-13-20-24(16-33-23)37-38-25(20)28-35-22-9-11-32-26(27(22)36-28)21-8-4-5-10-31-21/h4-5,8-17H,1-3,6-7H2,(H,34,39)(H,35,36)(H,37,38). The zero-order chi connectivity index (χ0) is 26.2. The summed E-state index contributed by atoms with van der Waals surface area (Å²) >= 11 is 0. The van der Waals surface area contributed by atoms with Crippen LogP contribution in [-0.2, 0) is 4.79 Å². The van der Waals surface area contributed by atoms with Gasteiger partial charge >= 0.3 is 0 Å². The third kappa shape index (κ3) is 4.39. The number of carbonyl (C=O) groups excluding carboxylic acids is 1. The first kappa shape index (κ1) is 23.2. The number of hydrogen-bond acceptors (Lipinski definition) is 7. The van der Waals surface area contributed by atoms with Gasteiger partial charge in [0, 0.05) is 35.5 Å². The zero-order valence-electron chi connectivity index (χ0n) is 21.1. The van der Waals surface area contributed by atoms with Gasteiger partial charge < -0.3 is 10.3 Å². The van der Waals surface area contributed by atoms with E-state index in [1.54, 1.807) is 31.0 Å². The lowest BCUT2D eigenvalue weighted by Crippen LogP contribution is -2.24. The van der Waals surface area contributed by atoms with Gasteiger partial charge in [-0.1, -0.05) is 25.3 Å². The van der Waals surface area contributed by atoms with Crippen LogP contribution in [0, 0.1) is 5.92 Å². The number of fused-ring (bicyclic) bond motifs is 2. The number of H-pyrrole nitrogens is 2. The van der Waals surface area contributed by atoms with Gasteiger partial charge in [0.1, 0.15) is 16.9 Å². The number of pyridine rings is 4. The van der Waals surface area contributed by atoms with Gasteiger partial charge in [-0.2, -0.15) is 5.10 Å². The summed E-state index contributed by atoms with van der Waals surface area (Å²) in [5.74, 6) is 0.756. The highest BCUT2D eigenvalue weighted by Crippen LogP contribution is 2.32. The number of hydrogen-bond donors (Lipinski definition) is 3. The van der Waals surface area contributed by atoms with E-state index in [0.29, 0.717) is 22.9 Å². The Morgan fingerprint density at radius 2 is 1.79 bits per heavy atom. The minimum Gasteiger partial charge on any atom is -0.336 e. The van der Waals surface area contributed by atoms with Crippen molar-refractivity contribution in [3.05, 3.63) is 67.4 Å². The van der Waals surface area contributed by atoms with Crippen LogP contribution in [-0.4, -0.2) is 46.0 Å². The number of nitrogens with one attached hydrogen (secondary N) is 3. The van der Waals surface area contributed by atoms with Crippen molar-refractivity contribution in [3.8, 4) is 34.2 Å². The van der Waals surface area contributed by atoms with Crippen LogP contribution in [0.2, 0.25) is 0 Å². The summed E-state index contributed by atoms with van der Waals surface area (Å²) in [6, 6.07) is 11.5. The van der Waals surface area contributed by atoms with Crippen LogP contribution in [0.15, 0.2) is 67.4 Å². The van der Waals surface area contributed by atoms with E-state index >= 15 is 0 Å². The largest absolute Gasteiger partial charge is 0.336 e. The Kier molecular flexibility index (Phi) is 5.77. The molecule has 6 aromatic rings. The first-order chi connectivity index (χ1) is 19.2. The van der Waals surface area contributed by atoms with Crippen LogP contribution in [0.4, 0.5) is 5.69 Å². The minimum absolute atomic E-state index is 0.0682. The number of nitrogens with zero attached hydrogens (tertiary/aromatic N) is 6. The van der Waals surface area contributed by atoms with Gasteiger partial charge in [-0.05, 0) is 43.2 Å². The third-order valence-corrected chi connectivity index (χ3v) is 7.26. The average Bonchev–Trinajstić information content (AvgIpc) is 3.62. The highest BCUT2D eigenvalue weighted by Gasteiger charge is 2.21. The van der Waals surface area contributed by atoms with Crippen LogP contribution >= 0.6 is 0 Å². The highest BCUT2D eigenvalue weighted by molar-refractivity contribution is 5.97. The summed E-state index contributed by atoms with van der Waals surface area (Å²) in [5, 5.41) is 11.5. The molecule has 3 N–H and O–H groups in total. The number of rotatable bonds is 5. The number of carbonyl (C=O) groups is 1. The van der Waals surface area contributed by atoms with E-state index in [2.05, 4.69) is 40.4 Å². The van der Waals surface area contributed by atoms with Crippen molar-refractivity contribution in [2.24, 2.45) is 5.92 Å². The van der Waals surface area contributed by atoms with Crippen molar-refractivity contribution in [1.82, 2.24) is 40.1 Å². The highest BCUT2D eigenvalue weighted by atomic mass is 16.1. The normalized spacial score (nSPS) is 14.2. The van der Waals surface area contributed by atoms with Crippen LogP contribution in [0.5, 0.6) is 0 Å². The Bertz CT molecular complexity index is 1800. The molecule has 0 aromatic carbocycles. The Hall–Kier alpha value is -4.99. The first-order valence-electron chi connectivity index (χ1n) is 13.1. The molecule has 1 aliphatic rings. The fourth-order valence-electron chi connectivity index (χ4n) is 5.25. The molecule has 1 aliphatic carbocycles. The number of amides is 1. The molecule has 192 valence electrons. The molecule has 6 heterocycles. The number of imidazole rings is 1. The van der Waals surface area contributed by atoms with Gasteiger partial charge in [-0.25, -0.2) is 4.98 Å². The maximum absolute atomic E-state index is 12.8. The molecule has 0 bridgehead atoms. The van der Waals surface area contributed by atoms with E-state index in [-0.39, 0.29) is 11.8 Å². The molecule has 39 heavy (non-hydrogen) atoms. The van der Waals surface area contributed by atoms with Crippen LogP contribution in [0.1, 0.15) is 32.1 Å². The van der Waals surface area contributed by atoms with E-state index in [9.17, 15) is 4.79 Å². The second-order valence-corrected chi connectivity index (χ2v) is 9.83. The lowest BCUT2D eigenvalue weighted by Gasteiger charge is -2.20. The van der Waals surface area contributed by atoms with Crippen LogP contribution < -0.4 is 5.32 Å². The maximum atomic E-state index is 12.8. The van der Waals surface area contributed by atoms with Gasteiger partial charge in [-0.15, -0.1) is 0 Å². The van der Waals surface area contributed by atoms with Gasteiger partial charge in [0.2, 0.25) is 5.91 Å². The number of aromatic nitrogens is 8. The average molecular weight is 516 g/mol. The summed E-state index contributed by atoms with van der Waals surface area (Å²) in [4.78, 5) is 38.9. The number of anilines is 1. The molecule has 0 spiro atoms. The van der Waals surface area contributed by atoms with Crippen LogP contribution in [0.25, 0.3) is 56.1 Å². The van der Waals surface area contributed by atoms with Crippen molar-refractivity contribution in [1.29, 1.82) is 0 Å². The second-order valence-electron chi connectivity index (χ2n) is 9.83. The topological polar surface area (TPSA) is 138 Å². The summed E-state index contributed by atoms with van der Waals surface area (Å²) in [6.07, 6.45) is 14.0. The van der Waals surface area contributed by atoms with E-state index < -0.39 is 0 Å². The van der Waals surface area contributed by atoms with E-state index in [0.717, 1.165) is 64.6 Å². The summed E-state index contributed by atoms with van der Waals surface area (Å²) in [5.41, 5.74) is 6.68. The fraction of sp³-hybridized carbons (Fsp3) is 0.207. The Balaban J connectivity index is 1.23. The van der Waals surface area contributed by atoms with Crippen molar-refractivity contribution in [2.75, 3.05) is 5.32 Å². The lowest BCUT2D eigenvalue weighted by atomic mass is 9.88. The van der Waals surface area contributed by atoms with Crippen molar-refractivity contribution in [3.63, 3.8) is 0 Å². The third-order valence-electron chi connectivity index (χ3n) is 7.26. The van der Waals surface area contributed by atoms with Gasteiger partial charge in [-0.3, -0.25) is 29.8 Å². The Morgan fingerprint density at radius 1 is 0.872 bits per heavy atom. The molecule has 6 aromatic heterocycles.